The Bertz CT molecular complexity index is 593. The number of carbonyl (C=O) groups is 1. The van der Waals surface area contributed by atoms with E-state index in [0.717, 1.165) is 12.5 Å². The van der Waals surface area contributed by atoms with E-state index in [1.165, 1.54) is 12.1 Å². The standard InChI is InChI=1S/C14H13F3N2O2/c15-14(16,17)12-4-3-11(6-9(12)8-18)19-5-1-2-10(19)7-13(20)21/h3-4,6,10H,1-2,5,7H2,(H,20,21). The number of nitrogens with zero attached hydrogens (tertiary/aromatic N) is 2. The maximum absolute atomic E-state index is 12.8. The molecule has 4 nitrogen and oxygen atoms in total. The fourth-order valence-corrected chi connectivity index (χ4v) is 2.64. The van der Waals surface area contributed by atoms with E-state index >= 15 is 0 Å². The number of carboxylic acid groups (broad SMARTS) is 1. The molecule has 0 aliphatic carbocycles. The van der Waals surface area contributed by atoms with Gasteiger partial charge in [-0.1, -0.05) is 0 Å². The fraction of sp³-hybridized carbons (Fsp3) is 0.429. The lowest BCUT2D eigenvalue weighted by molar-refractivity contribution is -0.138. The lowest BCUT2D eigenvalue weighted by atomic mass is 10.1. The Labute approximate surface area is 119 Å². The van der Waals surface area contributed by atoms with Crippen LogP contribution in [0.25, 0.3) is 0 Å². The lowest BCUT2D eigenvalue weighted by Crippen LogP contribution is -2.31. The molecule has 1 aliphatic rings. The van der Waals surface area contributed by atoms with E-state index in [-0.39, 0.29) is 12.5 Å². The average molecular weight is 298 g/mol. The Balaban J connectivity index is 2.33. The number of hydrogen-bond acceptors (Lipinski definition) is 3. The number of aliphatic carboxylic acids is 1. The van der Waals surface area contributed by atoms with Crippen molar-refractivity contribution in [2.24, 2.45) is 0 Å². The molecule has 1 aromatic rings. The van der Waals surface area contributed by atoms with Crippen molar-refractivity contribution < 1.29 is 23.1 Å². The summed E-state index contributed by atoms with van der Waals surface area (Å²) in [6, 6.07) is 4.67. The monoisotopic (exact) mass is 298 g/mol. The van der Waals surface area contributed by atoms with Gasteiger partial charge in [0.1, 0.15) is 0 Å². The molecule has 1 unspecified atom stereocenters. The van der Waals surface area contributed by atoms with E-state index in [1.807, 2.05) is 0 Å². The van der Waals surface area contributed by atoms with Gasteiger partial charge in [-0.05, 0) is 31.0 Å². The maximum Gasteiger partial charge on any atom is 0.417 e. The zero-order valence-corrected chi connectivity index (χ0v) is 11.0. The van der Waals surface area contributed by atoms with E-state index in [9.17, 15) is 18.0 Å². The third-order valence-corrected chi connectivity index (χ3v) is 3.55. The molecule has 0 radical (unpaired) electrons. The zero-order chi connectivity index (χ0) is 15.6. The van der Waals surface area contributed by atoms with Crippen LogP contribution in [-0.4, -0.2) is 23.7 Å². The fourth-order valence-electron chi connectivity index (χ4n) is 2.64. The number of nitriles is 1. The van der Waals surface area contributed by atoms with Crippen LogP contribution in [0.15, 0.2) is 18.2 Å². The second-order valence-corrected chi connectivity index (χ2v) is 4.93. The van der Waals surface area contributed by atoms with Crippen LogP contribution < -0.4 is 4.90 Å². The number of anilines is 1. The molecule has 1 heterocycles. The van der Waals surface area contributed by atoms with Gasteiger partial charge in [-0.25, -0.2) is 0 Å². The first-order chi connectivity index (χ1) is 9.82. The summed E-state index contributed by atoms with van der Waals surface area (Å²) in [5.41, 5.74) is -0.952. The highest BCUT2D eigenvalue weighted by Gasteiger charge is 2.34. The molecule has 1 saturated heterocycles. The van der Waals surface area contributed by atoms with Crippen molar-refractivity contribution in [1.29, 1.82) is 5.26 Å². The Morgan fingerprint density at radius 2 is 2.19 bits per heavy atom. The molecule has 21 heavy (non-hydrogen) atoms. The van der Waals surface area contributed by atoms with Crippen LogP contribution in [-0.2, 0) is 11.0 Å². The van der Waals surface area contributed by atoms with Gasteiger partial charge in [0.2, 0.25) is 0 Å². The minimum absolute atomic E-state index is 0.0666. The van der Waals surface area contributed by atoms with Gasteiger partial charge in [0.25, 0.3) is 0 Å². The molecule has 0 aromatic heterocycles. The highest BCUT2D eigenvalue weighted by molar-refractivity contribution is 5.69. The number of rotatable bonds is 3. The van der Waals surface area contributed by atoms with Crippen molar-refractivity contribution in [3.8, 4) is 6.07 Å². The first-order valence-corrected chi connectivity index (χ1v) is 6.42. The second-order valence-electron chi connectivity index (χ2n) is 4.93. The summed E-state index contributed by atoms with van der Waals surface area (Å²) in [7, 11) is 0. The second kappa shape index (κ2) is 5.64. The summed E-state index contributed by atoms with van der Waals surface area (Å²) in [6.45, 7) is 0.578. The molecule has 1 N–H and O–H groups in total. The summed E-state index contributed by atoms with van der Waals surface area (Å²) in [4.78, 5) is 12.6. The number of hydrogen-bond donors (Lipinski definition) is 1. The van der Waals surface area contributed by atoms with Crippen LogP contribution in [0.1, 0.15) is 30.4 Å². The van der Waals surface area contributed by atoms with Gasteiger partial charge < -0.3 is 10.0 Å². The first-order valence-electron chi connectivity index (χ1n) is 6.42. The SMILES string of the molecule is N#Cc1cc(N2CCCC2CC(=O)O)ccc1C(F)(F)F. The van der Waals surface area contributed by atoms with Crippen LogP contribution in [0.2, 0.25) is 0 Å². The molecule has 0 bridgehead atoms. The van der Waals surface area contributed by atoms with E-state index in [0.29, 0.717) is 18.7 Å². The molecule has 112 valence electrons. The van der Waals surface area contributed by atoms with Crippen LogP contribution in [0, 0.1) is 11.3 Å². The predicted octanol–water partition coefficient (Wildman–Crippen LogP) is 3.02. The van der Waals surface area contributed by atoms with E-state index in [1.54, 1.807) is 11.0 Å². The largest absolute Gasteiger partial charge is 0.481 e. The summed E-state index contributed by atoms with van der Waals surface area (Å²) < 4.78 is 38.3. The smallest absolute Gasteiger partial charge is 0.417 e. The Morgan fingerprint density at radius 1 is 1.48 bits per heavy atom. The molecule has 7 heteroatoms. The molecule has 1 atom stereocenters. The van der Waals surface area contributed by atoms with Gasteiger partial charge in [0.15, 0.2) is 0 Å². The third-order valence-electron chi connectivity index (χ3n) is 3.55. The van der Waals surface area contributed by atoms with Gasteiger partial charge in [-0.15, -0.1) is 0 Å². The van der Waals surface area contributed by atoms with Gasteiger partial charge in [0, 0.05) is 18.3 Å². The van der Waals surface area contributed by atoms with Gasteiger partial charge in [-0.2, -0.15) is 18.4 Å². The highest BCUT2D eigenvalue weighted by Crippen LogP contribution is 2.35. The average Bonchev–Trinajstić information content (AvgIpc) is 2.84. The summed E-state index contributed by atoms with van der Waals surface area (Å²) in [5.74, 6) is -0.945. The van der Waals surface area contributed by atoms with Crippen LogP contribution in [0.5, 0.6) is 0 Å². The zero-order valence-electron chi connectivity index (χ0n) is 11.0. The number of halogens is 3. The molecule has 1 aromatic carbocycles. The molecule has 0 saturated carbocycles. The molecule has 1 aliphatic heterocycles. The Hall–Kier alpha value is -2.23. The van der Waals surface area contributed by atoms with E-state index in [4.69, 9.17) is 10.4 Å². The van der Waals surface area contributed by atoms with E-state index < -0.39 is 23.3 Å². The summed E-state index contributed by atoms with van der Waals surface area (Å²) >= 11 is 0. The molecular formula is C14H13F3N2O2. The summed E-state index contributed by atoms with van der Waals surface area (Å²) in [6.07, 6.45) is -3.19. The third kappa shape index (κ3) is 3.27. The van der Waals surface area contributed by atoms with Crippen molar-refractivity contribution in [1.82, 2.24) is 0 Å². The minimum Gasteiger partial charge on any atom is -0.481 e. The van der Waals surface area contributed by atoms with Gasteiger partial charge in [-0.3, -0.25) is 4.79 Å². The quantitative estimate of drug-likeness (QED) is 0.931. The molecular weight excluding hydrogens is 285 g/mol. The highest BCUT2D eigenvalue weighted by atomic mass is 19.4. The number of alkyl halides is 3. The van der Waals surface area contributed by atoms with Gasteiger partial charge in [0.05, 0.1) is 23.6 Å². The van der Waals surface area contributed by atoms with Crippen molar-refractivity contribution >= 4 is 11.7 Å². The normalized spacial score (nSPS) is 18.6. The maximum atomic E-state index is 12.8. The van der Waals surface area contributed by atoms with Gasteiger partial charge >= 0.3 is 12.1 Å². The van der Waals surface area contributed by atoms with Crippen molar-refractivity contribution in [2.45, 2.75) is 31.5 Å². The molecule has 2 rings (SSSR count). The molecule has 0 spiro atoms. The van der Waals surface area contributed by atoms with Crippen molar-refractivity contribution in [3.63, 3.8) is 0 Å². The topological polar surface area (TPSA) is 64.3 Å². The minimum atomic E-state index is -4.57. The Morgan fingerprint density at radius 3 is 2.76 bits per heavy atom. The molecule has 0 amide bonds. The first kappa shape index (κ1) is 15.2. The summed E-state index contributed by atoms with van der Waals surface area (Å²) in [5, 5.41) is 17.8. The van der Waals surface area contributed by atoms with Crippen molar-refractivity contribution in [2.75, 3.05) is 11.4 Å². The van der Waals surface area contributed by atoms with Crippen LogP contribution >= 0.6 is 0 Å². The van der Waals surface area contributed by atoms with Crippen LogP contribution in [0.4, 0.5) is 18.9 Å². The van der Waals surface area contributed by atoms with E-state index in [2.05, 4.69) is 0 Å². The van der Waals surface area contributed by atoms with Crippen molar-refractivity contribution in [3.05, 3.63) is 29.3 Å². The van der Waals surface area contributed by atoms with Crippen LogP contribution in [0.3, 0.4) is 0 Å². The number of carboxylic acids is 1. The lowest BCUT2D eigenvalue weighted by Gasteiger charge is -2.26. The Kier molecular flexibility index (Phi) is 4.07. The molecule has 1 fully saturated rings. The number of benzene rings is 1. The predicted molar refractivity (Wildman–Crippen MR) is 68.8 cm³/mol.